The van der Waals surface area contributed by atoms with E-state index in [0.29, 0.717) is 25.1 Å². The molecule has 2 aromatic rings. The second-order valence-corrected chi connectivity index (χ2v) is 8.92. The van der Waals surface area contributed by atoms with E-state index >= 15 is 0 Å². The first-order valence-electron chi connectivity index (χ1n) is 11.5. The van der Waals surface area contributed by atoms with Crippen LogP contribution in [0.4, 0.5) is 26.3 Å². The summed E-state index contributed by atoms with van der Waals surface area (Å²) in [5, 5.41) is 18.9. The number of phenols is 2. The third kappa shape index (κ3) is 13.5. The monoisotopic (exact) mass is 616 g/mol. The normalized spacial score (nSPS) is 11.3. The van der Waals surface area contributed by atoms with Gasteiger partial charge in [0.05, 0.1) is 17.7 Å². The standard InChI is InChI=1S/C17H23F3O3.C8H4BrF3O3/c18-17(19,20)11-6-4-2-1-3-5-7-12-23-15-10-8-9-14(13-21)16(15)22;9-5-1-4(3-13)7(14)6(2-5)15-8(10,11)12/h8-10,13,22H,1-7,11-12H2;1-3,14H. The number of benzene rings is 2. The molecular formula is C25H27BrF6O6. The molecule has 0 atom stereocenters. The summed E-state index contributed by atoms with van der Waals surface area (Å²) in [4.78, 5) is 21.1. The fourth-order valence-corrected chi connectivity index (χ4v) is 3.59. The molecule has 0 amide bonds. The van der Waals surface area contributed by atoms with Crippen LogP contribution in [-0.4, -0.2) is 41.9 Å². The van der Waals surface area contributed by atoms with Gasteiger partial charge in [-0.2, -0.15) is 13.2 Å². The Kier molecular flexibility index (Phi) is 14.0. The van der Waals surface area contributed by atoms with E-state index in [0.717, 1.165) is 38.2 Å². The zero-order chi connectivity index (χ0) is 28.8. The van der Waals surface area contributed by atoms with Crippen LogP contribution in [0.5, 0.6) is 23.0 Å². The number of rotatable bonds is 13. The lowest BCUT2D eigenvalue weighted by atomic mass is 10.1. The quantitative estimate of drug-likeness (QED) is 0.134. The number of hydrogen-bond donors (Lipinski definition) is 2. The number of para-hydroxylation sites is 1. The van der Waals surface area contributed by atoms with Gasteiger partial charge in [0.1, 0.15) is 0 Å². The van der Waals surface area contributed by atoms with Gasteiger partial charge in [-0.25, -0.2) is 0 Å². The average Bonchev–Trinajstić information content (AvgIpc) is 2.82. The van der Waals surface area contributed by atoms with Crippen molar-refractivity contribution in [2.45, 2.75) is 63.9 Å². The highest BCUT2D eigenvalue weighted by Crippen LogP contribution is 2.36. The summed E-state index contributed by atoms with van der Waals surface area (Å²) < 4.78 is 80.5. The number of aldehydes is 2. The molecule has 0 fully saturated rings. The number of hydrogen-bond acceptors (Lipinski definition) is 6. The lowest BCUT2D eigenvalue weighted by Crippen LogP contribution is -2.17. The van der Waals surface area contributed by atoms with Gasteiger partial charge in [-0.1, -0.05) is 54.1 Å². The molecule has 13 heteroatoms. The smallest absolute Gasteiger partial charge is 0.504 e. The van der Waals surface area contributed by atoms with Crippen molar-refractivity contribution in [3.05, 3.63) is 45.9 Å². The molecule has 0 unspecified atom stereocenters. The van der Waals surface area contributed by atoms with E-state index in [2.05, 4.69) is 20.7 Å². The van der Waals surface area contributed by atoms with Crippen LogP contribution in [0.1, 0.15) is 72.1 Å². The Morgan fingerprint density at radius 2 is 1.32 bits per heavy atom. The zero-order valence-electron chi connectivity index (χ0n) is 20.1. The van der Waals surface area contributed by atoms with E-state index < -0.39 is 30.5 Å². The highest BCUT2D eigenvalue weighted by atomic mass is 79.9. The molecule has 38 heavy (non-hydrogen) atoms. The summed E-state index contributed by atoms with van der Waals surface area (Å²) in [5.41, 5.74) is -0.0926. The molecule has 2 aromatic carbocycles. The Labute approximate surface area is 223 Å². The number of carbonyl (C=O) groups excluding carboxylic acids is 2. The number of aromatic hydroxyl groups is 2. The van der Waals surface area contributed by atoms with E-state index in [1.807, 2.05) is 0 Å². The van der Waals surface area contributed by atoms with Crippen molar-refractivity contribution in [1.82, 2.24) is 0 Å². The Bertz CT molecular complexity index is 1030. The Morgan fingerprint density at radius 3 is 1.87 bits per heavy atom. The zero-order valence-corrected chi connectivity index (χ0v) is 21.7. The van der Waals surface area contributed by atoms with Crippen LogP contribution >= 0.6 is 15.9 Å². The van der Waals surface area contributed by atoms with E-state index in [9.17, 15) is 46.1 Å². The molecule has 0 saturated carbocycles. The largest absolute Gasteiger partial charge is 0.573 e. The van der Waals surface area contributed by atoms with Crippen molar-refractivity contribution >= 4 is 28.5 Å². The van der Waals surface area contributed by atoms with Crippen molar-refractivity contribution in [2.24, 2.45) is 0 Å². The number of ether oxygens (including phenoxy) is 2. The van der Waals surface area contributed by atoms with Crippen molar-refractivity contribution in [3.8, 4) is 23.0 Å². The van der Waals surface area contributed by atoms with E-state index in [1.165, 1.54) is 12.1 Å². The molecule has 2 rings (SSSR count). The van der Waals surface area contributed by atoms with Crippen molar-refractivity contribution in [3.63, 3.8) is 0 Å². The molecule has 0 aliphatic carbocycles. The SMILES string of the molecule is O=Cc1cc(Br)cc(OC(F)(F)F)c1O.O=Cc1cccc(OCCCCCCCCCC(F)(F)F)c1O. The van der Waals surface area contributed by atoms with E-state index in [-0.39, 0.29) is 34.1 Å². The van der Waals surface area contributed by atoms with Crippen LogP contribution in [0.15, 0.2) is 34.8 Å². The van der Waals surface area contributed by atoms with Gasteiger partial charge >= 0.3 is 12.5 Å². The third-order valence-electron chi connectivity index (χ3n) is 4.94. The highest BCUT2D eigenvalue weighted by Gasteiger charge is 2.33. The fourth-order valence-electron chi connectivity index (χ4n) is 3.13. The second kappa shape index (κ2) is 16.1. The molecular weight excluding hydrogens is 590 g/mol. The van der Waals surface area contributed by atoms with Crippen LogP contribution in [0.25, 0.3) is 0 Å². The van der Waals surface area contributed by atoms with Gasteiger partial charge in [0.15, 0.2) is 35.6 Å². The molecule has 0 bridgehead atoms. The second-order valence-electron chi connectivity index (χ2n) is 8.01. The van der Waals surface area contributed by atoms with E-state index in [1.54, 1.807) is 12.1 Å². The number of phenolic OH excluding ortho intramolecular Hbond substituents is 2. The molecule has 212 valence electrons. The van der Waals surface area contributed by atoms with Gasteiger partial charge in [0.2, 0.25) is 0 Å². The Balaban J connectivity index is 0.000000415. The minimum Gasteiger partial charge on any atom is -0.504 e. The lowest BCUT2D eigenvalue weighted by molar-refractivity contribution is -0.275. The summed E-state index contributed by atoms with van der Waals surface area (Å²) in [6.07, 6.45) is -3.61. The van der Waals surface area contributed by atoms with Crippen LogP contribution < -0.4 is 9.47 Å². The maximum Gasteiger partial charge on any atom is 0.573 e. The van der Waals surface area contributed by atoms with Gasteiger partial charge in [-0.15, -0.1) is 13.2 Å². The molecule has 0 aromatic heterocycles. The van der Waals surface area contributed by atoms with Gasteiger partial charge < -0.3 is 19.7 Å². The molecule has 0 saturated heterocycles. The fraction of sp³-hybridized carbons (Fsp3) is 0.440. The summed E-state index contributed by atoms with van der Waals surface area (Å²) in [6, 6.07) is 6.83. The third-order valence-corrected chi connectivity index (χ3v) is 5.40. The maximum absolute atomic E-state index is 11.9. The maximum atomic E-state index is 11.9. The summed E-state index contributed by atoms with van der Waals surface area (Å²) in [6.45, 7) is 0.434. The molecule has 0 spiro atoms. The first-order chi connectivity index (χ1) is 17.8. The number of alkyl halides is 6. The number of halogens is 7. The van der Waals surface area contributed by atoms with Crippen molar-refractivity contribution < 1.29 is 55.6 Å². The predicted octanol–water partition coefficient (Wildman–Crippen LogP) is 8.13. The molecule has 0 heterocycles. The van der Waals surface area contributed by atoms with Crippen molar-refractivity contribution in [2.75, 3.05) is 6.61 Å². The molecule has 2 N–H and O–H groups in total. The topological polar surface area (TPSA) is 93.1 Å². The first kappa shape index (κ1) is 33.1. The van der Waals surface area contributed by atoms with Gasteiger partial charge in [-0.05, 0) is 37.1 Å². The Morgan fingerprint density at radius 1 is 0.763 bits per heavy atom. The minimum atomic E-state index is -4.92. The van der Waals surface area contributed by atoms with Crippen LogP contribution in [0, 0.1) is 0 Å². The summed E-state index contributed by atoms with van der Waals surface area (Å²) in [7, 11) is 0. The summed E-state index contributed by atoms with van der Waals surface area (Å²) in [5.74, 6) is -1.52. The number of carbonyl (C=O) groups is 2. The molecule has 0 aliphatic rings. The predicted molar refractivity (Wildman–Crippen MR) is 130 cm³/mol. The van der Waals surface area contributed by atoms with Crippen molar-refractivity contribution in [1.29, 1.82) is 0 Å². The van der Waals surface area contributed by atoms with Crippen LogP contribution in [0.2, 0.25) is 0 Å². The molecule has 0 radical (unpaired) electrons. The molecule has 0 aliphatic heterocycles. The highest BCUT2D eigenvalue weighted by molar-refractivity contribution is 9.10. The molecule has 6 nitrogen and oxygen atoms in total. The van der Waals surface area contributed by atoms with Gasteiger partial charge in [0.25, 0.3) is 0 Å². The van der Waals surface area contributed by atoms with Gasteiger partial charge in [0, 0.05) is 10.9 Å². The number of unbranched alkanes of at least 4 members (excludes halogenated alkanes) is 6. The van der Waals surface area contributed by atoms with Crippen LogP contribution in [-0.2, 0) is 0 Å². The average molecular weight is 617 g/mol. The minimum absolute atomic E-state index is 0.146. The lowest BCUT2D eigenvalue weighted by Gasteiger charge is -2.11. The van der Waals surface area contributed by atoms with Gasteiger partial charge in [-0.3, -0.25) is 9.59 Å². The Hall–Kier alpha value is -2.96. The van der Waals surface area contributed by atoms with E-state index in [4.69, 9.17) is 4.74 Å². The first-order valence-corrected chi connectivity index (χ1v) is 12.3. The van der Waals surface area contributed by atoms with Crippen LogP contribution in [0.3, 0.4) is 0 Å². The summed E-state index contributed by atoms with van der Waals surface area (Å²) >= 11 is 2.88.